The summed E-state index contributed by atoms with van der Waals surface area (Å²) >= 11 is 0. The van der Waals surface area contributed by atoms with Gasteiger partial charge in [0.1, 0.15) is 12.4 Å². The van der Waals surface area contributed by atoms with Crippen LogP contribution >= 0.6 is 0 Å². The van der Waals surface area contributed by atoms with E-state index in [4.69, 9.17) is 5.11 Å². The highest BCUT2D eigenvalue weighted by atomic mass is 16.4. The predicted molar refractivity (Wildman–Crippen MR) is 79.3 cm³/mol. The normalized spacial score (nSPS) is 14.2. The summed E-state index contributed by atoms with van der Waals surface area (Å²) in [5.41, 5.74) is 1.11. The average molecular weight is 271 g/mol. The summed E-state index contributed by atoms with van der Waals surface area (Å²) < 4.78 is 0. The van der Waals surface area contributed by atoms with Crippen LogP contribution in [0.15, 0.2) is 30.5 Å². The average Bonchev–Trinajstić information content (AvgIpc) is 3.21. The van der Waals surface area contributed by atoms with E-state index >= 15 is 0 Å². The number of carboxylic acid groups (broad SMARTS) is 1. The van der Waals surface area contributed by atoms with Crippen molar-refractivity contribution >= 4 is 28.2 Å². The first-order valence-electron chi connectivity index (χ1n) is 6.72. The van der Waals surface area contributed by atoms with Gasteiger partial charge in [0.15, 0.2) is 0 Å². The summed E-state index contributed by atoms with van der Waals surface area (Å²) in [4.78, 5) is 16.8. The fourth-order valence-corrected chi connectivity index (χ4v) is 2.30. The Labute approximate surface area is 117 Å². The first-order chi connectivity index (χ1) is 9.63. The molecule has 1 aromatic carbocycles. The second-order valence-corrected chi connectivity index (χ2v) is 5.24. The molecule has 5 nitrogen and oxygen atoms in total. The Kier molecular flexibility index (Phi) is 3.18. The van der Waals surface area contributed by atoms with E-state index in [9.17, 15) is 4.79 Å². The number of fused-ring (bicyclic) bond motifs is 1. The van der Waals surface area contributed by atoms with Crippen LogP contribution in [0, 0.1) is 0 Å². The molecule has 0 aliphatic heterocycles. The van der Waals surface area contributed by atoms with Gasteiger partial charge < -0.3 is 15.3 Å². The van der Waals surface area contributed by atoms with Gasteiger partial charge in [-0.3, -0.25) is 4.79 Å². The minimum atomic E-state index is -0.863. The van der Waals surface area contributed by atoms with Crippen molar-refractivity contribution in [3.8, 4) is 0 Å². The van der Waals surface area contributed by atoms with E-state index < -0.39 is 5.97 Å². The first-order valence-corrected chi connectivity index (χ1v) is 6.72. The fourth-order valence-electron chi connectivity index (χ4n) is 2.30. The minimum absolute atomic E-state index is 0.0613. The number of carbonyl (C=O) groups is 1. The molecule has 1 aromatic heterocycles. The van der Waals surface area contributed by atoms with E-state index in [0.29, 0.717) is 11.9 Å². The zero-order chi connectivity index (χ0) is 14.1. The Bertz CT molecular complexity index is 653. The topological polar surface area (TPSA) is 65.5 Å². The molecule has 0 radical (unpaired) electrons. The molecule has 0 spiro atoms. The summed E-state index contributed by atoms with van der Waals surface area (Å²) in [5.74, 6) is -0.166. The van der Waals surface area contributed by atoms with Crippen LogP contribution in [-0.4, -0.2) is 35.7 Å². The zero-order valence-corrected chi connectivity index (χ0v) is 11.3. The lowest BCUT2D eigenvalue weighted by atomic mass is 10.1. The highest BCUT2D eigenvalue weighted by molar-refractivity contribution is 5.95. The molecule has 0 atom stereocenters. The summed E-state index contributed by atoms with van der Waals surface area (Å²) in [6.07, 6.45) is 4.19. The van der Waals surface area contributed by atoms with Crippen molar-refractivity contribution in [3.05, 3.63) is 30.5 Å². The lowest BCUT2D eigenvalue weighted by Crippen LogP contribution is -2.26. The van der Waals surface area contributed by atoms with Crippen LogP contribution in [-0.2, 0) is 4.79 Å². The Balaban J connectivity index is 1.94. The molecule has 1 aliphatic rings. The summed E-state index contributed by atoms with van der Waals surface area (Å²) in [6.45, 7) is -0.0613. The second kappa shape index (κ2) is 5.00. The number of carboxylic acids is 1. The van der Waals surface area contributed by atoms with Crippen molar-refractivity contribution in [1.29, 1.82) is 0 Å². The van der Waals surface area contributed by atoms with Gasteiger partial charge >= 0.3 is 5.97 Å². The number of nitrogens with one attached hydrogen (secondary N) is 1. The third kappa shape index (κ3) is 2.66. The number of nitrogens with zero attached hydrogens (tertiary/aromatic N) is 2. The summed E-state index contributed by atoms with van der Waals surface area (Å²) in [6, 6.07) is 8.68. The molecule has 0 bridgehead atoms. The van der Waals surface area contributed by atoms with Crippen LogP contribution in [0.2, 0.25) is 0 Å². The Morgan fingerprint density at radius 2 is 2.25 bits per heavy atom. The van der Waals surface area contributed by atoms with Gasteiger partial charge in [-0.05, 0) is 42.5 Å². The fraction of sp³-hybridized carbons (Fsp3) is 0.333. The van der Waals surface area contributed by atoms with Gasteiger partial charge in [0.2, 0.25) is 0 Å². The van der Waals surface area contributed by atoms with Crippen LogP contribution in [0.4, 0.5) is 11.5 Å². The quantitative estimate of drug-likeness (QED) is 0.873. The smallest absolute Gasteiger partial charge is 0.323 e. The lowest BCUT2D eigenvalue weighted by molar-refractivity contribution is -0.135. The van der Waals surface area contributed by atoms with Crippen molar-refractivity contribution in [2.24, 2.45) is 0 Å². The molecule has 5 heteroatoms. The largest absolute Gasteiger partial charge is 0.480 e. The molecular formula is C15H17N3O2. The first kappa shape index (κ1) is 12.7. The molecule has 2 N–H and O–H groups in total. The van der Waals surface area contributed by atoms with Gasteiger partial charge in [0.25, 0.3) is 0 Å². The molecule has 0 saturated heterocycles. The highest BCUT2D eigenvalue weighted by Crippen LogP contribution is 2.29. The second-order valence-electron chi connectivity index (χ2n) is 5.24. The third-order valence-corrected chi connectivity index (χ3v) is 3.43. The number of aromatic nitrogens is 1. The molecule has 1 aliphatic carbocycles. The van der Waals surface area contributed by atoms with Crippen LogP contribution in [0.1, 0.15) is 12.8 Å². The molecule has 104 valence electrons. The number of rotatable bonds is 5. The molecule has 0 amide bonds. The Morgan fingerprint density at radius 3 is 2.95 bits per heavy atom. The van der Waals surface area contributed by atoms with Crippen molar-refractivity contribution in [2.45, 2.75) is 18.9 Å². The van der Waals surface area contributed by atoms with Crippen molar-refractivity contribution in [1.82, 2.24) is 4.98 Å². The molecule has 1 heterocycles. The van der Waals surface area contributed by atoms with Crippen LogP contribution in [0.5, 0.6) is 0 Å². The third-order valence-electron chi connectivity index (χ3n) is 3.43. The number of benzene rings is 1. The molecule has 0 unspecified atom stereocenters. The molecule has 1 saturated carbocycles. The number of anilines is 2. The number of pyridine rings is 1. The van der Waals surface area contributed by atoms with Gasteiger partial charge in [0, 0.05) is 30.4 Å². The Hall–Kier alpha value is -2.30. The van der Waals surface area contributed by atoms with Gasteiger partial charge in [-0.2, -0.15) is 0 Å². The number of hydrogen-bond donors (Lipinski definition) is 2. The molecule has 2 aromatic rings. The molecule has 20 heavy (non-hydrogen) atoms. The summed E-state index contributed by atoms with van der Waals surface area (Å²) in [5, 5.41) is 14.4. The van der Waals surface area contributed by atoms with Crippen LogP contribution in [0.25, 0.3) is 10.8 Å². The van der Waals surface area contributed by atoms with Crippen molar-refractivity contribution in [3.63, 3.8) is 0 Å². The van der Waals surface area contributed by atoms with E-state index in [0.717, 1.165) is 16.5 Å². The maximum atomic E-state index is 10.8. The number of likely N-dealkylation sites (N-methyl/N-ethyl adjacent to an activating group) is 1. The van der Waals surface area contributed by atoms with E-state index in [2.05, 4.69) is 16.4 Å². The lowest BCUT2D eigenvalue weighted by Gasteiger charge is -2.18. The number of aliphatic carboxylic acids is 1. The van der Waals surface area contributed by atoms with Crippen LogP contribution < -0.4 is 10.2 Å². The monoisotopic (exact) mass is 271 g/mol. The van der Waals surface area contributed by atoms with E-state index in [1.165, 1.54) is 12.8 Å². The van der Waals surface area contributed by atoms with Crippen molar-refractivity contribution in [2.75, 3.05) is 23.8 Å². The predicted octanol–water partition coefficient (Wildman–Crippen LogP) is 2.33. The van der Waals surface area contributed by atoms with Gasteiger partial charge in [-0.1, -0.05) is 0 Å². The van der Waals surface area contributed by atoms with E-state index in [1.54, 1.807) is 18.1 Å². The van der Waals surface area contributed by atoms with Gasteiger partial charge in [-0.25, -0.2) is 4.98 Å². The van der Waals surface area contributed by atoms with E-state index in [1.807, 2.05) is 18.2 Å². The van der Waals surface area contributed by atoms with Crippen molar-refractivity contribution < 1.29 is 9.90 Å². The molecule has 3 rings (SSSR count). The standard InChI is InChI=1S/C15H17N3O2/c1-18(9-14(19)20)15-13-5-4-12(17-11-2-3-11)8-10(13)6-7-16-15/h4-8,11,17H,2-3,9H2,1H3,(H,19,20). The maximum Gasteiger partial charge on any atom is 0.323 e. The SMILES string of the molecule is CN(CC(=O)O)c1nccc2cc(NC3CC3)ccc12. The minimum Gasteiger partial charge on any atom is -0.480 e. The molecule has 1 fully saturated rings. The van der Waals surface area contributed by atoms with Crippen LogP contribution in [0.3, 0.4) is 0 Å². The summed E-state index contributed by atoms with van der Waals surface area (Å²) in [7, 11) is 1.74. The van der Waals surface area contributed by atoms with E-state index in [-0.39, 0.29) is 6.54 Å². The number of hydrogen-bond acceptors (Lipinski definition) is 4. The maximum absolute atomic E-state index is 10.8. The Morgan fingerprint density at radius 1 is 1.45 bits per heavy atom. The van der Waals surface area contributed by atoms with Gasteiger partial charge in [-0.15, -0.1) is 0 Å². The highest BCUT2D eigenvalue weighted by Gasteiger charge is 2.20. The zero-order valence-electron chi connectivity index (χ0n) is 11.3. The van der Waals surface area contributed by atoms with Gasteiger partial charge in [0.05, 0.1) is 0 Å². The molecular weight excluding hydrogens is 254 g/mol.